The molecule has 0 heterocycles. The van der Waals surface area contributed by atoms with E-state index in [0.29, 0.717) is 16.7 Å². The molecule has 0 unspecified atom stereocenters. The van der Waals surface area contributed by atoms with E-state index in [4.69, 9.17) is 9.84 Å². The van der Waals surface area contributed by atoms with Crippen LogP contribution in [0.1, 0.15) is 38.8 Å². The number of hydrogen-bond donors (Lipinski definition) is 2. The molecule has 0 saturated heterocycles. The Morgan fingerprint density at radius 3 is 2.24 bits per heavy atom. The second kappa shape index (κ2) is 10.2. The predicted molar refractivity (Wildman–Crippen MR) is 119 cm³/mol. The Balaban J connectivity index is 1.95. The lowest BCUT2D eigenvalue weighted by Gasteiger charge is -2.14. The molecular weight excluding hydrogens is 451 g/mol. The molecule has 0 aliphatic heterocycles. The van der Waals surface area contributed by atoms with Gasteiger partial charge in [-0.05, 0) is 53.9 Å². The Morgan fingerprint density at radius 1 is 0.941 bits per heavy atom. The molecule has 0 spiro atoms. The summed E-state index contributed by atoms with van der Waals surface area (Å²) in [5.74, 6) is -2.43. The van der Waals surface area contributed by atoms with Gasteiger partial charge in [-0.1, -0.05) is 36.4 Å². The molecule has 176 valence electrons. The normalized spacial score (nSPS) is 11.1. The van der Waals surface area contributed by atoms with Gasteiger partial charge in [0.15, 0.2) is 0 Å². The van der Waals surface area contributed by atoms with Crippen molar-refractivity contribution in [1.29, 1.82) is 0 Å². The Hall–Kier alpha value is -4.14. The molecule has 1 amide bonds. The molecular formula is C25H20F3NO5. The highest BCUT2D eigenvalue weighted by Crippen LogP contribution is 2.32. The molecule has 6 nitrogen and oxygen atoms in total. The Kier molecular flexibility index (Phi) is 7.35. The fraction of sp³-hybridized carbons (Fsp3) is 0.160. The SMILES string of the molecule is CCOC(=O)c1cc(CC(=O)O)ccc1NC(=O)c1ccccc1-c1ccc(C(F)(F)F)cc1. The van der Waals surface area contributed by atoms with Gasteiger partial charge in [-0.3, -0.25) is 9.59 Å². The summed E-state index contributed by atoms with van der Waals surface area (Å²) < 4.78 is 43.7. The molecule has 0 aliphatic rings. The van der Waals surface area contributed by atoms with Crippen LogP contribution in [0.5, 0.6) is 0 Å². The number of alkyl halides is 3. The van der Waals surface area contributed by atoms with E-state index in [9.17, 15) is 27.6 Å². The van der Waals surface area contributed by atoms with Gasteiger partial charge in [-0.15, -0.1) is 0 Å². The van der Waals surface area contributed by atoms with Crippen LogP contribution in [0.3, 0.4) is 0 Å². The molecule has 0 radical (unpaired) electrons. The maximum absolute atomic E-state index is 13.1. The van der Waals surface area contributed by atoms with Crippen LogP contribution >= 0.6 is 0 Å². The van der Waals surface area contributed by atoms with Gasteiger partial charge >= 0.3 is 18.1 Å². The average Bonchev–Trinajstić information content (AvgIpc) is 2.79. The molecule has 2 N–H and O–H groups in total. The number of esters is 1. The molecule has 3 rings (SSSR count). The van der Waals surface area contributed by atoms with Gasteiger partial charge < -0.3 is 15.2 Å². The number of nitrogens with one attached hydrogen (secondary N) is 1. The zero-order valence-corrected chi connectivity index (χ0v) is 18.0. The fourth-order valence-corrected chi connectivity index (χ4v) is 3.32. The van der Waals surface area contributed by atoms with Crippen molar-refractivity contribution in [1.82, 2.24) is 0 Å². The van der Waals surface area contributed by atoms with Crippen molar-refractivity contribution in [2.45, 2.75) is 19.5 Å². The minimum atomic E-state index is -4.48. The van der Waals surface area contributed by atoms with Gasteiger partial charge in [-0.25, -0.2) is 4.79 Å². The number of benzene rings is 3. The van der Waals surface area contributed by atoms with Crippen molar-refractivity contribution in [2.24, 2.45) is 0 Å². The summed E-state index contributed by atoms with van der Waals surface area (Å²) in [7, 11) is 0. The van der Waals surface area contributed by atoms with E-state index in [2.05, 4.69) is 5.32 Å². The minimum absolute atomic E-state index is 0.0130. The molecule has 0 aromatic heterocycles. The van der Waals surface area contributed by atoms with Crippen molar-refractivity contribution in [3.05, 3.63) is 89.0 Å². The summed E-state index contributed by atoms with van der Waals surface area (Å²) in [5, 5.41) is 11.6. The zero-order chi connectivity index (χ0) is 24.9. The minimum Gasteiger partial charge on any atom is -0.481 e. The molecule has 3 aromatic carbocycles. The van der Waals surface area contributed by atoms with Crippen LogP contribution < -0.4 is 5.32 Å². The first-order chi connectivity index (χ1) is 16.1. The number of ether oxygens (including phenoxy) is 1. The second-order valence-electron chi connectivity index (χ2n) is 7.25. The smallest absolute Gasteiger partial charge is 0.416 e. The van der Waals surface area contributed by atoms with Crippen LogP contribution in [-0.2, 0) is 22.1 Å². The largest absolute Gasteiger partial charge is 0.481 e. The third-order valence-electron chi connectivity index (χ3n) is 4.88. The summed E-state index contributed by atoms with van der Waals surface area (Å²) in [6, 6.07) is 15.0. The number of carbonyl (C=O) groups is 3. The van der Waals surface area contributed by atoms with E-state index in [1.54, 1.807) is 25.1 Å². The standard InChI is InChI=1S/C25H20F3NO5/c1-2-34-24(33)20-13-15(14-22(30)31)7-12-21(20)29-23(32)19-6-4-3-5-18(19)16-8-10-17(11-9-16)25(26,27)28/h3-13H,2,14H2,1H3,(H,29,32)(H,30,31). The van der Waals surface area contributed by atoms with Crippen molar-refractivity contribution >= 4 is 23.5 Å². The molecule has 3 aromatic rings. The lowest BCUT2D eigenvalue weighted by atomic mass is 9.97. The fourth-order valence-electron chi connectivity index (χ4n) is 3.32. The van der Waals surface area contributed by atoms with Crippen LogP contribution in [0, 0.1) is 0 Å². The molecule has 34 heavy (non-hydrogen) atoms. The summed E-state index contributed by atoms with van der Waals surface area (Å²) in [4.78, 5) is 36.5. The van der Waals surface area contributed by atoms with Crippen molar-refractivity contribution in [3.8, 4) is 11.1 Å². The van der Waals surface area contributed by atoms with Crippen LogP contribution in [0.25, 0.3) is 11.1 Å². The highest BCUT2D eigenvalue weighted by molar-refractivity contribution is 6.11. The molecule has 0 fully saturated rings. The predicted octanol–water partition coefficient (Wildman–Crippen LogP) is 5.43. The van der Waals surface area contributed by atoms with E-state index >= 15 is 0 Å². The Morgan fingerprint density at radius 2 is 1.62 bits per heavy atom. The zero-order valence-electron chi connectivity index (χ0n) is 18.0. The van der Waals surface area contributed by atoms with E-state index in [1.165, 1.54) is 36.4 Å². The molecule has 0 saturated carbocycles. The summed E-state index contributed by atoms with van der Waals surface area (Å²) >= 11 is 0. The highest BCUT2D eigenvalue weighted by Gasteiger charge is 2.30. The first kappa shape index (κ1) is 24.5. The molecule has 0 aliphatic carbocycles. The number of rotatable bonds is 7. The van der Waals surface area contributed by atoms with Crippen LogP contribution in [-0.4, -0.2) is 29.6 Å². The lowest BCUT2D eigenvalue weighted by Crippen LogP contribution is -2.17. The third-order valence-corrected chi connectivity index (χ3v) is 4.88. The first-order valence-corrected chi connectivity index (χ1v) is 10.2. The number of amides is 1. The maximum atomic E-state index is 13.1. The number of hydrogen-bond acceptors (Lipinski definition) is 4. The van der Waals surface area contributed by atoms with Crippen molar-refractivity contribution in [3.63, 3.8) is 0 Å². The third kappa shape index (κ3) is 5.80. The monoisotopic (exact) mass is 471 g/mol. The quantitative estimate of drug-likeness (QED) is 0.449. The number of carboxylic acid groups (broad SMARTS) is 1. The Bertz CT molecular complexity index is 1220. The van der Waals surface area contributed by atoms with Crippen LogP contribution in [0.15, 0.2) is 66.7 Å². The molecule has 0 bridgehead atoms. The number of anilines is 1. The van der Waals surface area contributed by atoms with E-state index in [-0.39, 0.29) is 29.8 Å². The van der Waals surface area contributed by atoms with Gasteiger partial charge in [0.25, 0.3) is 5.91 Å². The number of aliphatic carboxylic acids is 1. The second-order valence-corrected chi connectivity index (χ2v) is 7.25. The lowest BCUT2D eigenvalue weighted by molar-refractivity contribution is -0.138. The van der Waals surface area contributed by atoms with E-state index in [0.717, 1.165) is 12.1 Å². The van der Waals surface area contributed by atoms with Crippen LogP contribution in [0.4, 0.5) is 18.9 Å². The van der Waals surface area contributed by atoms with Crippen molar-refractivity contribution in [2.75, 3.05) is 11.9 Å². The Labute approximate surface area is 193 Å². The first-order valence-electron chi connectivity index (χ1n) is 10.2. The summed E-state index contributed by atoms with van der Waals surface area (Å²) in [6.07, 6.45) is -4.80. The number of carboxylic acids is 1. The summed E-state index contributed by atoms with van der Waals surface area (Å²) in [5.41, 5.74) is 0.611. The van der Waals surface area contributed by atoms with Gasteiger partial charge in [0, 0.05) is 5.56 Å². The van der Waals surface area contributed by atoms with Crippen molar-refractivity contribution < 1.29 is 37.4 Å². The summed E-state index contributed by atoms with van der Waals surface area (Å²) in [6.45, 7) is 1.68. The highest BCUT2D eigenvalue weighted by atomic mass is 19.4. The van der Waals surface area contributed by atoms with E-state index in [1.807, 2.05) is 0 Å². The van der Waals surface area contributed by atoms with Gasteiger partial charge in [0.05, 0.1) is 29.8 Å². The van der Waals surface area contributed by atoms with E-state index < -0.39 is 29.6 Å². The van der Waals surface area contributed by atoms with Gasteiger partial charge in [0.1, 0.15) is 0 Å². The number of carbonyl (C=O) groups excluding carboxylic acids is 2. The average molecular weight is 471 g/mol. The van der Waals surface area contributed by atoms with Gasteiger partial charge in [-0.2, -0.15) is 13.2 Å². The number of halogens is 3. The topological polar surface area (TPSA) is 92.7 Å². The molecule has 9 heteroatoms. The van der Waals surface area contributed by atoms with Crippen LogP contribution in [0.2, 0.25) is 0 Å². The maximum Gasteiger partial charge on any atom is 0.416 e. The van der Waals surface area contributed by atoms with Gasteiger partial charge in [0.2, 0.25) is 0 Å². The molecule has 0 atom stereocenters.